The number of hydrogen-bond donors (Lipinski definition) is 1. The van der Waals surface area contributed by atoms with Crippen molar-refractivity contribution >= 4 is 40.7 Å². The number of amides is 2. The number of fused-ring (bicyclic) bond motifs is 5. The van der Waals surface area contributed by atoms with Crippen LogP contribution in [0.1, 0.15) is 78.0 Å². The minimum atomic E-state index is -2.21. The third-order valence-corrected chi connectivity index (χ3v) is 15.5. The van der Waals surface area contributed by atoms with Gasteiger partial charge in [-0.05, 0) is 52.5 Å². The van der Waals surface area contributed by atoms with E-state index in [0.29, 0.717) is 41.6 Å². The van der Waals surface area contributed by atoms with E-state index in [-0.39, 0.29) is 42.3 Å². The zero-order valence-electron chi connectivity index (χ0n) is 29.0. The number of nitrogens with one attached hydrogen (secondary N) is 1. The Balaban J connectivity index is 1.44. The first-order valence-corrected chi connectivity index (χ1v) is 20.4. The fourth-order valence-corrected chi connectivity index (χ4v) is 8.10. The van der Waals surface area contributed by atoms with Gasteiger partial charge in [-0.2, -0.15) is 0 Å². The molecule has 272 valence electrons. The average molecular weight is 790 g/mol. The van der Waals surface area contributed by atoms with E-state index in [9.17, 15) is 27.6 Å². The van der Waals surface area contributed by atoms with Crippen LogP contribution < -0.4 is 15.5 Å². The maximum absolute atomic E-state index is 14.6. The van der Waals surface area contributed by atoms with Gasteiger partial charge in [-0.25, -0.2) is 13.2 Å². The lowest BCUT2D eigenvalue weighted by atomic mass is 9.86. The summed E-state index contributed by atoms with van der Waals surface area (Å²) in [6.45, 7) is 10.4. The lowest BCUT2D eigenvalue weighted by molar-refractivity contribution is -0.0656. The summed E-state index contributed by atoms with van der Waals surface area (Å²) in [5.41, 5.74) is -2.17. The second-order valence-electron chi connectivity index (χ2n) is 14.8. The van der Waals surface area contributed by atoms with E-state index < -0.39 is 72.3 Å². The normalized spacial score (nSPS) is 21.5. The number of benzene rings is 2. The predicted octanol–water partition coefficient (Wildman–Crippen LogP) is 6.82. The van der Waals surface area contributed by atoms with Crippen molar-refractivity contribution in [1.82, 2.24) is 14.8 Å². The van der Waals surface area contributed by atoms with Crippen LogP contribution in [0.15, 0.2) is 58.6 Å². The first-order valence-electron chi connectivity index (χ1n) is 16.7. The number of pyridine rings is 1. The van der Waals surface area contributed by atoms with Gasteiger partial charge in [0.25, 0.3) is 11.8 Å². The fourth-order valence-electron chi connectivity index (χ4n) is 6.51. The Hall–Kier alpha value is -3.95. The van der Waals surface area contributed by atoms with E-state index in [2.05, 4.69) is 60.3 Å². The molecule has 6 rings (SSSR count). The molecular weight excluding hydrogens is 749 g/mol. The van der Waals surface area contributed by atoms with Gasteiger partial charge in [0, 0.05) is 43.4 Å². The van der Waals surface area contributed by atoms with Crippen molar-refractivity contribution in [2.24, 2.45) is 5.16 Å². The number of hydrogen-bond acceptors (Lipinski definition) is 7. The quantitative estimate of drug-likeness (QED) is 0.238. The van der Waals surface area contributed by atoms with E-state index in [1.54, 1.807) is 33.7 Å². The monoisotopic (exact) mass is 788 g/mol. The number of rotatable bonds is 9. The van der Waals surface area contributed by atoms with Crippen molar-refractivity contribution in [3.05, 3.63) is 98.7 Å². The zero-order chi connectivity index (χ0) is 36.9. The smallest absolute Gasteiger partial charge is 0.274 e. The van der Waals surface area contributed by atoms with Gasteiger partial charge in [0.2, 0.25) is 5.43 Å². The Morgan fingerprint density at radius 2 is 1.82 bits per heavy atom. The molecule has 2 aromatic carbocycles. The molecule has 1 fully saturated rings. The molecule has 1 N–H and O–H groups in total. The molecule has 15 heteroatoms. The highest BCUT2D eigenvalue weighted by Crippen LogP contribution is 2.47. The Labute approximate surface area is 303 Å². The second-order valence-corrected chi connectivity index (χ2v) is 20.5. The van der Waals surface area contributed by atoms with Gasteiger partial charge >= 0.3 is 0 Å². The van der Waals surface area contributed by atoms with E-state index in [1.807, 2.05) is 6.07 Å². The molecule has 3 aliphatic rings. The van der Waals surface area contributed by atoms with Crippen molar-refractivity contribution in [1.29, 1.82) is 0 Å². The van der Waals surface area contributed by atoms with E-state index >= 15 is 0 Å². The maximum atomic E-state index is 14.6. The molecule has 1 spiro atoms. The van der Waals surface area contributed by atoms with Crippen LogP contribution in [0.5, 0.6) is 5.75 Å². The molecule has 10 nitrogen and oxygen atoms in total. The molecule has 1 aromatic heterocycles. The minimum absolute atomic E-state index is 0.0513. The molecule has 2 bridgehead atoms. The first-order chi connectivity index (χ1) is 24.0. The minimum Gasteiger partial charge on any atom is -0.483 e. The highest BCUT2D eigenvalue weighted by molar-refractivity contribution is 9.18. The van der Waals surface area contributed by atoms with Crippen LogP contribution in [0.3, 0.4) is 0 Å². The van der Waals surface area contributed by atoms with E-state index in [4.69, 9.17) is 14.0 Å². The SMILES string of the molecule is CC(C)(C)[Si](C)(C)OC[C@H]1CC[C@]2(CC(Br)=NO2)[C@H]2CN1C(=O)c1c(OCc3ccccc3)c(=O)c(C(=O)NCc3c(F)cc(F)cc3F)cn12. The molecule has 3 atom stereocenters. The van der Waals surface area contributed by atoms with Crippen LogP contribution >= 0.6 is 15.9 Å². The molecular formula is C36H40BrF3N4O6Si. The molecule has 51 heavy (non-hydrogen) atoms. The van der Waals surface area contributed by atoms with Crippen LogP contribution in [-0.2, 0) is 22.4 Å². The Morgan fingerprint density at radius 3 is 2.45 bits per heavy atom. The molecule has 1 saturated heterocycles. The highest BCUT2D eigenvalue weighted by Gasteiger charge is 2.55. The standard InChI is InChI=1S/C36H40BrF3N4O6Si/c1-35(2,3)51(4,5)49-20-23-11-12-36(15-29(37)42-50-36)28-18-43(23)34(47)30-32(48-19-21-9-7-6-8-10-21)31(45)25(17-44(28)30)33(46)41-16-24-26(39)13-22(38)14-27(24)40/h6-10,13-14,17,23,28H,11-12,15-16,18-20H2,1-5H3,(H,41,46)/t23-,28-,36+/m1/s1. The second kappa shape index (κ2) is 13.9. The van der Waals surface area contributed by atoms with Crippen LogP contribution in [0, 0.1) is 17.5 Å². The van der Waals surface area contributed by atoms with Gasteiger partial charge in [0.15, 0.2) is 25.4 Å². The Morgan fingerprint density at radius 1 is 1.14 bits per heavy atom. The summed E-state index contributed by atoms with van der Waals surface area (Å²) in [6, 6.07) is 9.04. The van der Waals surface area contributed by atoms with Crippen LogP contribution in [-0.4, -0.2) is 59.0 Å². The largest absolute Gasteiger partial charge is 0.483 e. The topological polar surface area (TPSA) is 111 Å². The molecule has 0 unspecified atom stereocenters. The summed E-state index contributed by atoms with van der Waals surface area (Å²) in [6.07, 6.45) is 2.64. The van der Waals surface area contributed by atoms with Gasteiger partial charge in [-0.1, -0.05) is 56.3 Å². The Kier molecular flexibility index (Phi) is 10.0. The van der Waals surface area contributed by atoms with Crippen molar-refractivity contribution in [2.75, 3.05) is 13.2 Å². The summed E-state index contributed by atoms with van der Waals surface area (Å²) >= 11 is 3.48. The van der Waals surface area contributed by atoms with Crippen molar-refractivity contribution in [3.63, 3.8) is 0 Å². The van der Waals surface area contributed by atoms with E-state index in [1.165, 1.54) is 6.20 Å². The number of oxime groups is 1. The number of ether oxygens (including phenoxy) is 1. The van der Waals surface area contributed by atoms with Gasteiger partial charge in [0.05, 0.1) is 18.7 Å². The molecule has 3 aromatic rings. The van der Waals surface area contributed by atoms with E-state index in [0.717, 1.165) is 0 Å². The number of carbonyl (C=O) groups is 2. The zero-order valence-corrected chi connectivity index (χ0v) is 31.6. The number of carbonyl (C=O) groups excluding carboxylic acids is 2. The first kappa shape index (κ1) is 36.8. The van der Waals surface area contributed by atoms with Crippen LogP contribution in [0.2, 0.25) is 18.1 Å². The third-order valence-electron chi connectivity index (χ3n) is 10.5. The molecule has 2 amide bonds. The van der Waals surface area contributed by atoms with Gasteiger partial charge in [0.1, 0.15) is 34.2 Å². The average Bonchev–Trinajstić information content (AvgIpc) is 3.38. The Bertz CT molecular complexity index is 1930. The number of aromatic nitrogens is 1. The molecule has 3 aliphatic heterocycles. The van der Waals surface area contributed by atoms with Gasteiger partial charge in [-0.3, -0.25) is 14.4 Å². The summed E-state index contributed by atoms with van der Waals surface area (Å²) in [5.74, 6) is -5.26. The van der Waals surface area contributed by atoms with Crippen molar-refractivity contribution in [3.8, 4) is 5.75 Å². The lowest BCUT2D eigenvalue weighted by Crippen LogP contribution is -2.54. The summed E-state index contributed by atoms with van der Waals surface area (Å²) in [7, 11) is -2.21. The van der Waals surface area contributed by atoms with Crippen LogP contribution in [0.25, 0.3) is 0 Å². The highest BCUT2D eigenvalue weighted by atomic mass is 79.9. The maximum Gasteiger partial charge on any atom is 0.274 e. The van der Waals surface area contributed by atoms with Crippen molar-refractivity contribution < 1.29 is 36.8 Å². The lowest BCUT2D eigenvalue weighted by Gasteiger charge is -2.43. The molecule has 0 radical (unpaired) electrons. The van der Waals surface area contributed by atoms with Gasteiger partial charge < -0.3 is 28.8 Å². The summed E-state index contributed by atoms with van der Waals surface area (Å²) in [5, 5.41) is 6.54. The van der Waals surface area contributed by atoms with Crippen LogP contribution in [0.4, 0.5) is 13.2 Å². The number of halogens is 4. The fraction of sp³-hybridized carbons (Fsp3) is 0.444. The third kappa shape index (κ3) is 7.12. The summed E-state index contributed by atoms with van der Waals surface area (Å²) in [4.78, 5) is 50.4. The molecule has 4 heterocycles. The van der Waals surface area contributed by atoms with Gasteiger partial charge in [-0.15, -0.1) is 0 Å². The number of nitrogens with zero attached hydrogens (tertiary/aromatic N) is 3. The molecule has 0 aliphatic carbocycles. The molecule has 0 saturated carbocycles. The summed E-state index contributed by atoms with van der Waals surface area (Å²) < 4.78 is 57.3. The predicted molar refractivity (Wildman–Crippen MR) is 190 cm³/mol. The van der Waals surface area contributed by atoms with Crippen molar-refractivity contribution in [2.45, 2.75) is 89.0 Å².